The molecule has 32 heavy (non-hydrogen) atoms. The van der Waals surface area contributed by atoms with Crippen molar-refractivity contribution in [1.29, 1.82) is 0 Å². The molecule has 0 aliphatic carbocycles. The number of aromatic nitrogens is 3. The molecule has 3 aromatic rings. The van der Waals surface area contributed by atoms with Crippen molar-refractivity contribution in [3.63, 3.8) is 0 Å². The molecule has 0 spiro atoms. The standard InChI is InChI=1S/C26H32N4O2/c1-17(2)23-8-6-7-9-24(23)30-20(5)27-25(28-30)26(31)29-14-12-21(13-15-29)32-22-11-10-18(3)19(4)16-22/h6-11,16-17,21H,12-15H2,1-5H3. The second-order valence-electron chi connectivity index (χ2n) is 8.96. The van der Waals surface area contributed by atoms with Crippen molar-refractivity contribution in [2.24, 2.45) is 0 Å². The van der Waals surface area contributed by atoms with Gasteiger partial charge < -0.3 is 9.64 Å². The lowest BCUT2D eigenvalue weighted by Gasteiger charge is -2.31. The molecule has 1 amide bonds. The maximum atomic E-state index is 13.1. The van der Waals surface area contributed by atoms with Crippen molar-refractivity contribution < 1.29 is 9.53 Å². The van der Waals surface area contributed by atoms with Crippen LogP contribution in [0.25, 0.3) is 5.69 Å². The molecule has 2 aromatic carbocycles. The van der Waals surface area contributed by atoms with Gasteiger partial charge in [0.1, 0.15) is 17.7 Å². The molecule has 0 atom stereocenters. The van der Waals surface area contributed by atoms with Crippen LogP contribution in [0.3, 0.4) is 0 Å². The summed E-state index contributed by atoms with van der Waals surface area (Å²) < 4.78 is 7.96. The molecule has 0 saturated carbocycles. The first kappa shape index (κ1) is 22.1. The Hall–Kier alpha value is -3.15. The summed E-state index contributed by atoms with van der Waals surface area (Å²) in [7, 11) is 0. The maximum absolute atomic E-state index is 13.1. The highest BCUT2D eigenvalue weighted by atomic mass is 16.5. The van der Waals surface area contributed by atoms with Crippen LogP contribution in [-0.4, -0.2) is 44.8 Å². The number of aryl methyl sites for hydroxylation is 3. The number of para-hydroxylation sites is 1. The van der Waals surface area contributed by atoms with Gasteiger partial charge in [-0.3, -0.25) is 4.79 Å². The predicted molar refractivity (Wildman–Crippen MR) is 126 cm³/mol. The molecule has 6 heteroatoms. The molecular formula is C26H32N4O2. The summed E-state index contributed by atoms with van der Waals surface area (Å²) >= 11 is 0. The van der Waals surface area contributed by atoms with Crippen molar-refractivity contribution in [1.82, 2.24) is 19.7 Å². The van der Waals surface area contributed by atoms with Crippen molar-refractivity contribution >= 4 is 5.91 Å². The van der Waals surface area contributed by atoms with Gasteiger partial charge in [-0.25, -0.2) is 9.67 Å². The smallest absolute Gasteiger partial charge is 0.293 e. The molecule has 1 saturated heterocycles. The maximum Gasteiger partial charge on any atom is 0.293 e. The average molecular weight is 433 g/mol. The SMILES string of the molecule is Cc1ccc(OC2CCN(C(=O)c3nc(C)n(-c4ccccc4C(C)C)n3)CC2)cc1C. The summed E-state index contributed by atoms with van der Waals surface area (Å²) in [6, 6.07) is 14.3. The van der Waals surface area contributed by atoms with E-state index in [1.165, 1.54) is 16.7 Å². The van der Waals surface area contributed by atoms with Crippen LogP contribution in [0.2, 0.25) is 0 Å². The Morgan fingerprint density at radius 1 is 1.03 bits per heavy atom. The number of carbonyl (C=O) groups excluding carboxylic acids is 1. The fourth-order valence-electron chi connectivity index (χ4n) is 4.18. The molecule has 6 nitrogen and oxygen atoms in total. The molecule has 2 heterocycles. The van der Waals surface area contributed by atoms with Crippen LogP contribution in [0.1, 0.15) is 65.7 Å². The van der Waals surface area contributed by atoms with Gasteiger partial charge in [-0.1, -0.05) is 38.1 Å². The van der Waals surface area contributed by atoms with Gasteiger partial charge in [0.2, 0.25) is 5.82 Å². The first-order valence-corrected chi connectivity index (χ1v) is 11.4. The lowest BCUT2D eigenvalue weighted by atomic mass is 10.0. The first-order valence-electron chi connectivity index (χ1n) is 11.4. The van der Waals surface area contributed by atoms with E-state index in [0.717, 1.165) is 30.1 Å². The molecule has 0 radical (unpaired) electrons. The third-order valence-electron chi connectivity index (χ3n) is 6.26. The number of hydrogen-bond donors (Lipinski definition) is 0. The van der Waals surface area contributed by atoms with Crippen LogP contribution < -0.4 is 4.74 Å². The molecule has 1 aromatic heterocycles. The number of carbonyl (C=O) groups is 1. The Morgan fingerprint density at radius 2 is 1.75 bits per heavy atom. The van der Waals surface area contributed by atoms with Gasteiger partial charge in [0.05, 0.1) is 5.69 Å². The van der Waals surface area contributed by atoms with Crippen LogP contribution in [0, 0.1) is 20.8 Å². The van der Waals surface area contributed by atoms with E-state index < -0.39 is 0 Å². The summed E-state index contributed by atoms with van der Waals surface area (Å²) in [5, 5.41) is 4.59. The van der Waals surface area contributed by atoms with E-state index in [4.69, 9.17) is 4.74 Å². The number of piperidine rings is 1. The number of benzene rings is 2. The zero-order chi connectivity index (χ0) is 22.8. The van der Waals surface area contributed by atoms with Gasteiger partial charge in [-0.15, -0.1) is 5.10 Å². The van der Waals surface area contributed by atoms with Gasteiger partial charge in [-0.05, 0) is 61.6 Å². The average Bonchev–Trinajstić information content (AvgIpc) is 3.17. The Bertz CT molecular complexity index is 1110. The molecule has 1 fully saturated rings. The van der Waals surface area contributed by atoms with Gasteiger partial charge in [0.25, 0.3) is 5.91 Å². The first-order chi connectivity index (χ1) is 15.3. The fraction of sp³-hybridized carbons (Fsp3) is 0.423. The number of likely N-dealkylation sites (tertiary alicyclic amines) is 1. The van der Waals surface area contributed by atoms with E-state index in [1.54, 1.807) is 4.68 Å². The second-order valence-corrected chi connectivity index (χ2v) is 8.96. The molecule has 168 valence electrons. The van der Waals surface area contributed by atoms with Gasteiger partial charge in [0.15, 0.2) is 0 Å². The monoisotopic (exact) mass is 432 g/mol. The molecule has 1 aliphatic rings. The Kier molecular flexibility index (Phi) is 6.31. The second kappa shape index (κ2) is 9.15. The summed E-state index contributed by atoms with van der Waals surface area (Å²) in [6.07, 6.45) is 1.72. The van der Waals surface area contributed by atoms with Crippen LogP contribution >= 0.6 is 0 Å². The van der Waals surface area contributed by atoms with E-state index in [0.29, 0.717) is 19.0 Å². The van der Waals surface area contributed by atoms with Crippen LogP contribution in [-0.2, 0) is 0 Å². The highest BCUT2D eigenvalue weighted by Crippen LogP contribution is 2.24. The summed E-state index contributed by atoms with van der Waals surface area (Å²) in [5.41, 5.74) is 4.65. The van der Waals surface area contributed by atoms with E-state index in [9.17, 15) is 4.79 Å². The van der Waals surface area contributed by atoms with Gasteiger partial charge in [0, 0.05) is 25.9 Å². The van der Waals surface area contributed by atoms with E-state index >= 15 is 0 Å². The van der Waals surface area contributed by atoms with Crippen LogP contribution in [0.15, 0.2) is 42.5 Å². The number of rotatable bonds is 5. The predicted octanol–water partition coefficient (Wildman–Crippen LogP) is 5.00. The summed E-state index contributed by atoms with van der Waals surface area (Å²) in [5.74, 6) is 2.12. The lowest BCUT2D eigenvalue weighted by Crippen LogP contribution is -2.42. The quantitative estimate of drug-likeness (QED) is 0.569. The van der Waals surface area contributed by atoms with E-state index in [2.05, 4.69) is 56.0 Å². The van der Waals surface area contributed by atoms with Crippen molar-refractivity contribution in [3.05, 3.63) is 70.8 Å². The Morgan fingerprint density at radius 3 is 2.44 bits per heavy atom. The third-order valence-corrected chi connectivity index (χ3v) is 6.26. The Balaban J connectivity index is 1.43. The molecule has 4 rings (SSSR count). The number of hydrogen-bond acceptors (Lipinski definition) is 4. The topological polar surface area (TPSA) is 60.2 Å². The van der Waals surface area contributed by atoms with Crippen LogP contribution in [0.4, 0.5) is 0 Å². The molecule has 0 bridgehead atoms. The van der Waals surface area contributed by atoms with E-state index in [1.807, 2.05) is 36.1 Å². The molecule has 0 N–H and O–H groups in total. The molecule has 0 unspecified atom stereocenters. The molecular weight excluding hydrogens is 400 g/mol. The number of ether oxygens (including phenoxy) is 1. The minimum absolute atomic E-state index is 0.112. The van der Waals surface area contributed by atoms with E-state index in [-0.39, 0.29) is 17.8 Å². The third kappa shape index (κ3) is 4.54. The lowest BCUT2D eigenvalue weighted by molar-refractivity contribution is 0.0584. The minimum Gasteiger partial charge on any atom is -0.490 e. The van der Waals surface area contributed by atoms with Crippen molar-refractivity contribution in [2.75, 3.05) is 13.1 Å². The summed E-state index contributed by atoms with van der Waals surface area (Å²) in [6.45, 7) is 11.7. The highest BCUT2D eigenvalue weighted by Gasteiger charge is 2.28. The number of amides is 1. The van der Waals surface area contributed by atoms with Crippen LogP contribution in [0.5, 0.6) is 5.75 Å². The zero-order valence-corrected chi connectivity index (χ0v) is 19.6. The fourth-order valence-corrected chi connectivity index (χ4v) is 4.18. The van der Waals surface area contributed by atoms with Crippen molar-refractivity contribution in [2.45, 2.75) is 59.5 Å². The zero-order valence-electron chi connectivity index (χ0n) is 19.6. The van der Waals surface area contributed by atoms with Crippen molar-refractivity contribution in [3.8, 4) is 11.4 Å². The largest absolute Gasteiger partial charge is 0.490 e. The normalized spacial score (nSPS) is 14.8. The molecule has 1 aliphatic heterocycles. The number of nitrogens with zero attached hydrogens (tertiary/aromatic N) is 4. The van der Waals surface area contributed by atoms with Gasteiger partial charge >= 0.3 is 0 Å². The minimum atomic E-state index is -0.112. The van der Waals surface area contributed by atoms with Gasteiger partial charge in [-0.2, -0.15) is 0 Å². The Labute approximate surface area is 190 Å². The summed E-state index contributed by atoms with van der Waals surface area (Å²) in [4.78, 5) is 19.4. The highest BCUT2D eigenvalue weighted by molar-refractivity contribution is 5.90.